The number of halogens is 2. The molecule has 9 heteroatoms. The predicted octanol–water partition coefficient (Wildman–Crippen LogP) is 2.82. The molecule has 0 saturated heterocycles. The van der Waals surface area contributed by atoms with Crippen molar-refractivity contribution in [3.63, 3.8) is 0 Å². The van der Waals surface area contributed by atoms with Crippen LogP contribution in [0, 0.1) is 6.92 Å². The van der Waals surface area contributed by atoms with Gasteiger partial charge in [-0.3, -0.25) is 9.58 Å². The minimum absolute atomic E-state index is 0. The van der Waals surface area contributed by atoms with Crippen LogP contribution in [-0.2, 0) is 26.2 Å². The molecule has 1 aliphatic heterocycles. The molecule has 0 aliphatic carbocycles. The van der Waals surface area contributed by atoms with E-state index < -0.39 is 0 Å². The highest BCUT2D eigenvalue weighted by molar-refractivity contribution is 5.85. The van der Waals surface area contributed by atoms with Crippen molar-refractivity contribution in [2.45, 2.75) is 33.1 Å². The largest absolute Gasteiger partial charge is 0.338 e. The maximum atomic E-state index is 5.41. The van der Waals surface area contributed by atoms with Crippen molar-refractivity contribution in [2.24, 2.45) is 0 Å². The van der Waals surface area contributed by atoms with E-state index in [-0.39, 0.29) is 24.8 Å². The molecular weight excluding hydrogens is 387 g/mol. The number of rotatable bonds is 5. The van der Waals surface area contributed by atoms with Gasteiger partial charge in [0, 0.05) is 25.2 Å². The Labute approximate surface area is 171 Å². The van der Waals surface area contributed by atoms with Crippen molar-refractivity contribution < 1.29 is 4.52 Å². The number of fused-ring (bicyclic) bond motifs is 1. The number of hydrogen-bond donors (Lipinski definition) is 1. The van der Waals surface area contributed by atoms with E-state index in [4.69, 9.17) is 4.52 Å². The van der Waals surface area contributed by atoms with Crippen molar-refractivity contribution >= 4 is 24.8 Å². The van der Waals surface area contributed by atoms with Gasteiger partial charge in [0.15, 0.2) is 0 Å². The van der Waals surface area contributed by atoms with Crippen molar-refractivity contribution in [2.75, 3.05) is 13.6 Å². The number of hydrogen-bond acceptors (Lipinski definition) is 6. The van der Waals surface area contributed by atoms with Crippen LogP contribution in [0.3, 0.4) is 0 Å². The maximum absolute atomic E-state index is 5.41. The van der Waals surface area contributed by atoms with Crippen LogP contribution in [0.1, 0.15) is 22.8 Å². The van der Waals surface area contributed by atoms with Gasteiger partial charge in [0.25, 0.3) is 0 Å². The summed E-state index contributed by atoms with van der Waals surface area (Å²) in [7, 11) is 2.03. The van der Waals surface area contributed by atoms with Crippen LogP contribution in [0.4, 0.5) is 0 Å². The summed E-state index contributed by atoms with van der Waals surface area (Å²) in [6, 6.07) is 10.3. The Morgan fingerprint density at radius 1 is 1.22 bits per heavy atom. The smallest absolute Gasteiger partial charge is 0.241 e. The second kappa shape index (κ2) is 9.32. The van der Waals surface area contributed by atoms with E-state index in [1.807, 2.05) is 19.2 Å². The molecule has 27 heavy (non-hydrogen) atoms. The molecule has 0 unspecified atom stereocenters. The summed E-state index contributed by atoms with van der Waals surface area (Å²) in [5.74, 6) is 1.25. The Morgan fingerprint density at radius 3 is 2.85 bits per heavy atom. The third-order valence-electron chi connectivity index (χ3n) is 4.30. The Hall–Kier alpha value is -1.93. The average Bonchev–Trinajstić information content (AvgIpc) is 3.21. The third kappa shape index (κ3) is 5.07. The van der Waals surface area contributed by atoms with Gasteiger partial charge in [-0.25, -0.2) is 0 Å². The topological polar surface area (TPSA) is 72.0 Å². The van der Waals surface area contributed by atoms with E-state index >= 15 is 0 Å². The second-order valence-electron chi connectivity index (χ2n) is 6.58. The van der Waals surface area contributed by atoms with Crippen LogP contribution in [0.15, 0.2) is 34.9 Å². The molecule has 1 aliphatic rings. The predicted molar refractivity (Wildman–Crippen MR) is 108 cm³/mol. The number of nitrogens with one attached hydrogen (secondary N) is 1. The molecule has 2 aromatic heterocycles. The average molecular weight is 411 g/mol. The van der Waals surface area contributed by atoms with Crippen LogP contribution >= 0.6 is 24.8 Å². The fourth-order valence-corrected chi connectivity index (χ4v) is 3.11. The Kier molecular flexibility index (Phi) is 7.38. The van der Waals surface area contributed by atoms with Crippen LogP contribution in [0.25, 0.3) is 11.4 Å². The summed E-state index contributed by atoms with van der Waals surface area (Å²) in [5, 5.41) is 12.1. The molecule has 7 nitrogen and oxygen atoms in total. The first-order valence-electron chi connectivity index (χ1n) is 8.52. The lowest BCUT2D eigenvalue weighted by molar-refractivity contribution is 0.258. The van der Waals surface area contributed by atoms with Gasteiger partial charge in [0.2, 0.25) is 11.7 Å². The standard InChI is InChI=1S/C18H22N6O.2ClH/c1-13-4-3-5-14(8-13)18-20-17(25-22-18)12-23(2)11-15-9-16-10-19-6-7-24(16)21-15;;/h3-5,8-9,19H,6-7,10-12H2,1-2H3;2*1H. The van der Waals surface area contributed by atoms with Gasteiger partial charge in [-0.2, -0.15) is 10.1 Å². The Bertz CT molecular complexity index is 855. The zero-order valence-electron chi connectivity index (χ0n) is 15.4. The summed E-state index contributed by atoms with van der Waals surface area (Å²) in [6.45, 7) is 6.20. The van der Waals surface area contributed by atoms with Crippen molar-refractivity contribution in [3.8, 4) is 11.4 Å². The molecule has 0 bridgehead atoms. The van der Waals surface area contributed by atoms with Crippen LogP contribution in [-0.4, -0.2) is 38.4 Å². The molecule has 0 fully saturated rings. The van der Waals surface area contributed by atoms with Gasteiger partial charge in [-0.05, 0) is 26.1 Å². The van der Waals surface area contributed by atoms with E-state index in [1.165, 1.54) is 11.3 Å². The minimum atomic E-state index is 0. The molecule has 0 spiro atoms. The molecule has 146 valence electrons. The Balaban J connectivity index is 0.00000131. The van der Waals surface area contributed by atoms with Crippen LogP contribution in [0.2, 0.25) is 0 Å². The van der Waals surface area contributed by atoms with E-state index in [2.05, 4.69) is 55.3 Å². The normalized spacial score (nSPS) is 13.0. The van der Waals surface area contributed by atoms with E-state index in [0.29, 0.717) is 18.3 Å². The highest BCUT2D eigenvalue weighted by Gasteiger charge is 2.15. The number of aryl methyl sites for hydroxylation is 1. The van der Waals surface area contributed by atoms with Gasteiger partial charge in [-0.15, -0.1) is 24.8 Å². The summed E-state index contributed by atoms with van der Waals surface area (Å²) in [4.78, 5) is 6.65. The highest BCUT2D eigenvalue weighted by atomic mass is 35.5. The quantitative estimate of drug-likeness (QED) is 0.696. The third-order valence-corrected chi connectivity index (χ3v) is 4.30. The summed E-state index contributed by atoms with van der Waals surface area (Å²) in [6.07, 6.45) is 0. The Morgan fingerprint density at radius 2 is 2.07 bits per heavy atom. The highest BCUT2D eigenvalue weighted by Crippen LogP contribution is 2.18. The fourth-order valence-electron chi connectivity index (χ4n) is 3.11. The molecule has 4 rings (SSSR count). The molecule has 3 heterocycles. The zero-order chi connectivity index (χ0) is 17.2. The van der Waals surface area contributed by atoms with Crippen molar-refractivity contribution in [1.82, 2.24) is 30.1 Å². The lowest BCUT2D eigenvalue weighted by Crippen LogP contribution is -2.28. The number of nitrogens with zero attached hydrogens (tertiary/aromatic N) is 5. The molecule has 1 N–H and O–H groups in total. The summed E-state index contributed by atoms with van der Waals surface area (Å²) < 4.78 is 7.50. The number of benzene rings is 1. The fraction of sp³-hybridized carbons (Fsp3) is 0.389. The van der Waals surface area contributed by atoms with Crippen LogP contribution in [0.5, 0.6) is 0 Å². The lowest BCUT2D eigenvalue weighted by atomic mass is 10.1. The van der Waals surface area contributed by atoms with Gasteiger partial charge in [0.05, 0.1) is 24.5 Å². The van der Waals surface area contributed by atoms with Gasteiger partial charge < -0.3 is 9.84 Å². The number of aromatic nitrogens is 4. The van der Waals surface area contributed by atoms with E-state index in [9.17, 15) is 0 Å². The molecule has 0 atom stereocenters. The monoisotopic (exact) mass is 410 g/mol. The van der Waals surface area contributed by atoms with E-state index in [1.54, 1.807) is 0 Å². The molecule has 0 radical (unpaired) electrons. The second-order valence-corrected chi connectivity index (χ2v) is 6.58. The zero-order valence-corrected chi connectivity index (χ0v) is 17.0. The first-order valence-corrected chi connectivity index (χ1v) is 8.52. The van der Waals surface area contributed by atoms with Gasteiger partial charge in [0.1, 0.15) is 0 Å². The van der Waals surface area contributed by atoms with Crippen molar-refractivity contribution in [1.29, 1.82) is 0 Å². The van der Waals surface area contributed by atoms with Crippen molar-refractivity contribution in [3.05, 3.63) is 53.2 Å². The molecule has 3 aromatic rings. The summed E-state index contributed by atoms with van der Waals surface area (Å²) in [5.41, 5.74) is 4.47. The first kappa shape index (κ1) is 21.4. The van der Waals surface area contributed by atoms with E-state index in [0.717, 1.165) is 37.4 Å². The van der Waals surface area contributed by atoms with Crippen LogP contribution < -0.4 is 5.32 Å². The molecule has 1 aromatic carbocycles. The molecule has 0 amide bonds. The SMILES string of the molecule is Cc1cccc(-c2noc(CN(C)Cc3cc4n(n3)CCNC4)n2)c1.Cl.Cl. The lowest BCUT2D eigenvalue weighted by Gasteiger charge is -2.13. The first-order chi connectivity index (χ1) is 12.2. The maximum Gasteiger partial charge on any atom is 0.241 e. The molecular formula is C18H24Cl2N6O. The minimum Gasteiger partial charge on any atom is -0.338 e. The van der Waals surface area contributed by atoms with Gasteiger partial charge >= 0.3 is 0 Å². The summed E-state index contributed by atoms with van der Waals surface area (Å²) >= 11 is 0. The van der Waals surface area contributed by atoms with Gasteiger partial charge in [-0.1, -0.05) is 28.9 Å². The molecule has 0 saturated carbocycles.